The first-order valence-electron chi connectivity index (χ1n) is 6.90. The standard InChI is InChI=1S/C15H13ClN4O3/c1-3-20-13-10(14(22)19(2)15(23)17-13)7-11(18-20)9-6-8(16)4-5-12(9)21/h4-7,21H,3H2,1-2H3. The average molecular weight is 333 g/mol. The summed E-state index contributed by atoms with van der Waals surface area (Å²) >= 11 is 5.97. The summed E-state index contributed by atoms with van der Waals surface area (Å²) in [6.07, 6.45) is 0. The van der Waals surface area contributed by atoms with Crippen LogP contribution in [0.3, 0.4) is 0 Å². The number of aromatic nitrogens is 4. The Morgan fingerprint density at radius 3 is 2.65 bits per heavy atom. The van der Waals surface area contributed by atoms with Crippen molar-refractivity contribution >= 4 is 11.6 Å². The van der Waals surface area contributed by atoms with Gasteiger partial charge in [-0.1, -0.05) is 11.6 Å². The molecule has 1 aromatic carbocycles. The zero-order valence-corrected chi connectivity index (χ0v) is 13.2. The molecule has 0 radical (unpaired) electrons. The van der Waals surface area contributed by atoms with Crippen LogP contribution in [-0.2, 0) is 13.6 Å². The Morgan fingerprint density at radius 2 is 1.96 bits per heavy atom. The molecule has 0 fully saturated rings. The summed E-state index contributed by atoms with van der Waals surface area (Å²) in [6.45, 7) is 2.23. The Kier molecular flexibility index (Phi) is 3.65. The van der Waals surface area contributed by atoms with Gasteiger partial charge in [0.1, 0.15) is 5.75 Å². The van der Waals surface area contributed by atoms with Gasteiger partial charge in [0.05, 0.1) is 11.3 Å². The van der Waals surface area contributed by atoms with E-state index in [9.17, 15) is 14.7 Å². The van der Waals surface area contributed by atoms with Crippen molar-refractivity contribution in [3.8, 4) is 28.4 Å². The number of nitrogens with zero attached hydrogens (tertiary/aromatic N) is 4. The van der Waals surface area contributed by atoms with Crippen LogP contribution >= 0.6 is 11.6 Å². The minimum absolute atomic E-state index is 0.00543. The Morgan fingerprint density at radius 1 is 1.22 bits per heavy atom. The molecule has 0 unspecified atom stereocenters. The van der Waals surface area contributed by atoms with Gasteiger partial charge in [0.25, 0.3) is 5.56 Å². The van der Waals surface area contributed by atoms with E-state index in [4.69, 9.17) is 11.6 Å². The highest BCUT2D eigenvalue weighted by Gasteiger charge is 2.19. The van der Waals surface area contributed by atoms with E-state index >= 15 is 0 Å². The molecule has 0 saturated heterocycles. The van der Waals surface area contributed by atoms with E-state index in [-0.39, 0.29) is 17.1 Å². The van der Waals surface area contributed by atoms with Crippen molar-refractivity contribution in [2.75, 3.05) is 0 Å². The summed E-state index contributed by atoms with van der Waals surface area (Å²) < 4.78 is 2.39. The van der Waals surface area contributed by atoms with E-state index in [1.807, 2.05) is 6.92 Å². The Hall–Kier alpha value is -2.67. The van der Waals surface area contributed by atoms with Crippen LogP contribution in [0.15, 0.2) is 33.9 Å². The predicted molar refractivity (Wildman–Crippen MR) is 85.9 cm³/mol. The maximum atomic E-state index is 12.3. The Labute approximate surface area is 135 Å². The highest BCUT2D eigenvalue weighted by Crippen LogP contribution is 2.32. The van der Waals surface area contributed by atoms with Crippen LogP contribution in [0.2, 0.25) is 5.02 Å². The minimum atomic E-state index is -0.634. The number of hydrogen-bond donors (Lipinski definition) is 1. The third kappa shape index (κ3) is 2.49. The summed E-state index contributed by atoms with van der Waals surface area (Å²) in [5.41, 5.74) is -0.0812. The molecular formula is C15H13ClN4O3. The summed E-state index contributed by atoms with van der Waals surface area (Å²) in [5, 5.41) is 14.8. The first-order chi connectivity index (χ1) is 10.9. The van der Waals surface area contributed by atoms with Crippen molar-refractivity contribution in [2.45, 2.75) is 13.5 Å². The Bertz CT molecular complexity index is 993. The molecule has 0 aromatic heterocycles. The van der Waals surface area contributed by atoms with Crippen LogP contribution in [-0.4, -0.2) is 24.4 Å². The lowest BCUT2D eigenvalue weighted by atomic mass is 10.1. The average Bonchev–Trinajstić information content (AvgIpc) is 2.54. The van der Waals surface area contributed by atoms with Gasteiger partial charge in [-0.05, 0) is 31.2 Å². The third-order valence-electron chi connectivity index (χ3n) is 3.55. The molecule has 2 heterocycles. The molecule has 0 saturated carbocycles. The van der Waals surface area contributed by atoms with Gasteiger partial charge in [0, 0.05) is 24.2 Å². The highest BCUT2D eigenvalue weighted by atomic mass is 35.5. The molecule has 0 aliphatic carbocycles. The molecule has 3 rings (SSSR count). The van der Waals surface area contributed by atoms with E-state index in [1.165, 1.54) is 23.9 Å². The van der Waals surface area contributed by atoms with Crippen molar-refractivity contribution in [1.82, 2.24) is 19.3 Å². The topological polar surface area (TPSA) is 90.0 Å². The van der Waals surface area contributed by atoms with Crippen molar-refractivity contribution < 1.29 is 5.11 Å². The summed E-state index contributed by atoms with van der Waals surface area (Å²) in [5.74, 6) is 0.208. The molecule has 0 spiro atoms. The van der Waals surface area contributed by atoms with Gasteiger partial charge in [0.2, 0.25) is 0 Å². The van der Waals surface area contributed by atoms with Gasteiger partial charge in [0.15, 0.2) is 5.82 Å². The Balaban J connectivity index is 2.41. The van der Waals surface area contributed by atoms with Crippen LogP contribution in [0.25, 0.3) is 22.6 Å². The van der Waals surface area contributed by atoms with Gasteiger partial charge in [-0.3, -0.25) is 9.36 Å². The molecule has 0 atom stereocenters. The maximum Gasteiger partial charge on any atom is 0.352 e. The van der Waals surface area contributed by atoms with E-state index in [1.54, 1.807) is 12.1 Å². The highest BCUT2D eigenvalue weighted by molar-refractivity contribution is 6.30. The quantitative estimate of drug-likeness (QED) is 0.767. The van der Waals surface area contributed by atoms with Crippen LogP contribution in [0.4, 0.5) is 0 Å². The molecule has 0 bridgehead atoms. The van der Waals surface area contributed by atoms with Crippen molar-refractivity contribution in [3.63, 3.8) is 0 Å². The molecule has 2 aliphatic heterocycles. The lowest BCUT2D eigenvalue weighted by Crippen LogP contribution is -2.36. The van der Waals surface area contributed by atoms with E-state index < -0.39 is 11.2 Å². The number of aromatic hydroxyl groups is 1. The van der Waals surface area contributed by atoms with Crippen LogP contribution in [0.5, 0.6) is 5.75 Å². The molecular weight excluding hydrogens is 320 g/mol. The largest absolute Gasteiger partial charge is 0.507 e. The number of halogens is 1. The lowest BCUT2D eigenvalue weighted by Gasteiger charge is -2.14. The molecule has 8 heteroatoms. The molecule has 1 N–H and O–H groups in total. The minimum Gasteiger partial charge on any atom is -0.507 e. The second kappa shape index (κ2) is 5.51. The van der Waals surface area contributed by atoms with Gasteiger partial charge < -0.3 is 5.11 Å². The molecule has 0 amide bonds. The number of benzene rings is 1. The van der Waals surface area contributed by atoms with Crippen LogP contribution in [0, 0.1) is 0 Å². The molecule has 1 aromatic rings. The van der Waals surface area contributed by atoms with Crippen molar-refractivity contribution in [1.29, 1.82) is 0 Å². The number of aryl methyl sites for hydroxylation is 1. The zero-order chi connectivity index (χ0) is 16.7. The zero-order valence-electron chi connectivity index (χ0n) is 12.4. The van der Waals surface area contributed by atoms with E-state index in [0.717, 1.165) is 4.57 Å². The van der Waals surface area contributed by atoms with Gasteiger partial charge >= 0.3 is 5.69 Å². The number of fused-ring (bicyclic) bond motifs is 1. The number of phenols is 1. The fourth-order valence-electron chi connectivity index (χ4n) is 2.32. The second-order valence-electron chi connectivity index (χ2n) is 5.00. The monoisotopic (exact) mass is 332 g/mol. The van der Waals surface area contributed by atoms with Gasteiger partial charge in [-0.2, -0.15) is 10.1 Å². The van der Waals surface area contributed by atoms with Crippen molar-refractivity contribution in [2.24, 2.45) is 7.05 Å². The number of hydrogen-bond acceptors (Lipinski definition) is 5. The fourth-order valence-corrected chi connectivity index (χ4v) is 2.49. The van der Waals surface area contributed by atoms with Crippen LogP contribution in [0.1, 0.15) is 6.92 Å². The SMILES string of the molecule is CCn1nc(-c2cc(Cl)ccc2O)cc2c(=O)n(C)c(=O)nc1-2. The maximum absolute atomic E-state index is 12.3. The second-order valence-corrected chi connectivity index (χ2v) is 5.44. The fraction of sp³-hybridized carbons (Fsp3) is 0.200. The first-order valence-corrected chi connectivity index (χ1v) is 7.28. The normalized spacial score (nSPS) is 11.1. The number of rotatable bonds is 2. The van der Waals surface area contributed by atoms with E-state index in [2.05, 4.69) is 10.1 Å². The lowest BCUT2D eigenvalue weighted by molar-refractivity contribution is 0.476. The smallest absolute Gasteiger partial charge is 0.352 e. The van der Waals surface area contributed by atoms with Crippen molar-refractivity contribution in [3.05, 3.63) is 50.1 Å². The van der Waals surface area contributed by atoms with Gasteiger partial charge in [-0.15, -0.1) is 0 Å². The summed E-state index contributed by atoms with van der Waals surface area (Å²) in [6, 6.07) is 6.07. The third-order valence-corrected chi connectivity index (χ3v) is 3.79. The molecule has 118 valence electrons. The number of phenolic OH excluding ortho intramolecular Hbond substituents is 1. The van der Waals surface area contributed by atoms with Gasteiger partial charge in [-0.25, -0.2) is 9.48 Å². The molecule has 23 heavy (non-hydrogen) atoms. The van der Waals surface area contributed by atoms with Crippen LogP contribution < -0.4 is 11.2 Å². The summed E-state index contributed by atoms with van der Waals surface area (Å²) in [7, 11) is 1.37. The molecule has 2 aliphatic rings. The predicted octanol–water partition coefficient (Wildman–Crippen LogP) is 1.49. The van der Waals surface area contributed by atoms with E-state index in [0.29, 0.717) is 22.8 Å². The summed E-state index contributed by atoms with van der Waals surface area (Å²) in [4.78, 5) is 28.0. The molecule has 7 nitrogen and oxygen atoms in total. The first kappa shape index (κ1) is 15.2.